The molecule has 0 spiro atoms. The predicted octanol–water partition coefficient (Wildman–Crippen LogP) is 2.64. The van der Waals surface area contributed by atoms with Crippen LogP contribution in [0.25, 0.3) is 0 Å². The second-order valence-corrected chi connectivity index (χ2v) is 6.05. The summed E-state index contributed by atoms with van der Waals surface area (Å²) in [5, 5.41) is 10.4. The molecule has 0 saturated heterocycles. The van der Waals surface area contributed by atoms with Crippen LogP contribution in [0, 0.1) is 10.1 Å². The molecule has 0 aliphatic carbocycles. The minimum atomic E-state index is -3.13. The molecule has 84 valence electrons. The van der Waals surface area contributed by atoms with Crippen molar-refractivity contribution in [3.05, 3.63) is 27.1 Å². The fraction of sp³-hybridized carbons (Fsp3) is 0.429. The smallest absolute Gasteiger partial charge is 0.312 e. The summed E-state index contributed by atoms with van der Waals surface area (Å²) in [5.74, 6) is 0. The molecule has 1 rings (SSSR count). The molecule has 8 heteroatoms. The van der Waals surface area contributed by atoms with E-state index in [9.17, 15) is 14.7 Å². The number of thiophene rings is 1. The Kier molecular flexibility index (Phi) is 3.98. The van der Waals surface area contributed by atoms with Gasteiger partial charge < -0.3 is 9.05 Å². The van der Waals surface area contributed by atoms with E-state index in [2.05, 4.69) is 0 Å². The highest BCUT2D eigenvalue weighted by atomic mass is 32.1. The van der Waals surface area contributed by atoms with Crippen LogP contribution in [0.15, 0.2) is 12.1 Å². The van der Waals surface area contributed by atoms with Crippen molar-refractivity contribution < 1.29 is 18.5 Å². The van der Waals surface area contributed by atoms with Gasteiger partial charge in [-0.1, -0.05) is 11.3 Å². The van der Waals surface area contributed by atoms with Crippen molar-refractivity contribution in [3.63, 3.8) is 0 Å². The molecule has 0 aliphatic heterocycles. The van der Waals surface area contributed by atoms with Gasteiger partial charge in [0.15, 0.2) is 0 Å². The third kappa shape index (κ3) is 3.10. The lowest BCUT2D eigenvalue weighted by Crippen LogP contribution is -1.91. The normalized spacial score (nSPS) is 11.6. The standard InChI is InChI=1S/C7H10NO5PS/c1-12-14(11,13-2)5-6-3-4-7(15-6)8(9)10/h3-4H,5H2,1-2H3. The Labute approximate surface area is 90.5 Å². The van der Waals surface area contributed by atoms with Crippen molar-refractivity contribution >= 4 is 23.9 Å². The molecule has 0 bridgehead atoms. The Balaban J connectivity index is 2.81. The number of hydrogen-bond acceptors (Lipinski definition) is 6. The number of nitrogens with zero attached hydrogens (tertiary/aromatic N) is 1. The van der Waals surface area contributed by atoms with Gasteiger partial charge in [0.25, 0.3) is 0 Å². The van der Waals surface area contributed by atoms with Crippen LogP contribution in [0.5, 0.6) is 0 Å². The van der Waals surface area contributed by atoms with Gasteiger partial charge in [0.1, 0.15) is 0 Å². The highest BCUT2D eigenvalue weighted by Crippen LogP contribution is 2.51. The number of nitro groups is 1. The molecule has 0 fully saturated rings. The van der Waals surface area contributed by atoms with Crippen molar-refractivity contribution in [2.45, 2.75) is 6.16 Å². The van der Waals surface area contributed by atoms with Gasteiger partial charge in [-0.15, -0.1) is 0 Å². The first kappa shape index (κ1) is 12.3. The molecule has 0 aromatic carbocycles. The van der Waals surface area contributed by atoms with E-state index in [1.807, 2.05) is 0 Å². The molecule has 0 amide bonds. The van der Waals surface area contributed by atoms with Crippen LogP contribution in [-0.2, 0) is 19.8 Å². The van der Waals surface area contributed by atoms with Gasteiger partial charge in [0, 0.05) is 25.2 Å². The van der Waals surface area contributed by atoms with Crippen LogP contribution in [0.2, 0.25) is 0 Å². The summed E-state index contributed by atoms with van der Waals surface area (Å²) >= 11 is 0.967. The zero-order chi connectivity index (χ0) is 11.5. The highest BCUT2D eigenvalue weighted by Gasteiger charge is 2.23. The third-order valence-electron chi connectivity index (χ3n) is 1.73. The third-order valence-corrected chi connectivity index (χ3v) is 4.82. The first-order valence-corrected chi connectivity index (χ1v) is 6.49. The molecule has 0 unspecified atom stereocenters. The van der Waals surface area contributed by atoms with Gasteiger partial charge in [-0.2, -0.15) is 0 Å². The Morgan fingerprint density at radius 2 is 2.07 bits per heavy atom. The second-order valence-electron chi connectivity index (χ2n) is 2.63. The number of rotatable bonds is 5. The summed E-state index contributed by atoms with van der Waals surface area (Å²) in [7, 11) is -0.564. The molecule has 0 saturated carbocycles. The summed E-state index contributed by atoms with van der Waals surface area (Å²) < 4.78 is 21.2. The van der Waals surface area contributed by atoms with E-state index in [1.165, 1.54) is 20.3 Å². The average Bonchev–Trinajstić information content (AvgIpc) is 2.66. The van der Waals surface area contributed by atoms with E-state index in [0.29, 0.717) is 4.88 Å². The summed E-state index contributed by atoms with van der Waals surface area (Å²) in [6.07, 6.45) is 0.0541. The van der Waals surface area contributed by atoms with Crippen LogP contribution >= 0.6 is 18.9 Å². The van der Waals surface area contributed by atoms with E-state index in [-0.39, 0.29) is 11.2 Å². The average molecular weight is 251 g/mol. The molecule has 0 atom stereocenters. The monoisotopic (exact) mass is 251 g/mol. The van der Waals surface area contributed by atoms with Crippen molar-refractivity contribution in [1.29, 1.82) is 0 Å². The molecular weight excluding hydrogens is 241 g/mol. The molecule has 1 heterocycles. The lowest BCUT2D eigenvalue weighted by atomic mass is 10.5. The maximum absolute atomic E-state index is 11.7. The fourth-order valence-corrected chi connectivity index (χ4v) is 3.19. The zero-order valence-electron chi connectivity index (χ0n) is 8.21. The largest absolute Gasteiger partial charge is 0.335 e. The Bertz CT molecular complexity index is 396. The van der Waals surface area contributed by atoms with Gasteiger partial charge in [-0.05, 0) is 6.07 Å². The Morgan fingerprint density at radius 1 is 1.47 bits per heavy atom. The maximum atomic E-state index is 11.7. The lowest BCUT2D eigenvalue weighted by Gasteiger charge is -2.11. The first-order chi connectivity index (χ1) is 7.00. The summed E-state index contributed by atoms with van der Waals surface area (Å²) in [5.41, 5.74) is 0. The van der Waals surface area contributed by atoms with Crippen LogP contribution in [0.1, 0.15) is 4.88 Å². The molecule has 0 aliphatic rings. The van der Waals surface area contributed by atoms with Gasteiger partial charge in [0.05, 0.1) is 11.1 Å². The van der Waals surface area contributed by atoms with Crippen molar-refractivity contribution in [2.24, 2.45) is 0 Å². The minimum absolute atomic E-state index is 0.0174. The van der Waals surface area contributed by atoms with Crippen LogP contribution < -0.4 is 0 Å². The van der Waals surface area contributed by atoms with E-state index >= 15 is 0 Å². The van der Waals surface area contributed by atoms with Crippen LogP contribution in [-0.4, -0.2) is 19.1 Å². The second kappa shape index (κ2) is 4.85. The van der Waals surface area contributed by atoms with Gasteiger partial charge in [0.2, 0.25) is 0 Å². The minimum Gasteiger partial charge on any atom is -0.312 e. The number of hydrogen-bond donors (Lipinski definition) is 0. The van der Waals surface area contributed by atoms with Gasteiger partial charge in [-0.25, -0.2) is 0 Å². The lowest BCUT2D eigenvalue weighted by molar-refractivity contribution is -0.380. The van der Waals surface area contributed by atoms with Crippen LogP contribution in [0.3, 0.4) is 0 Å². The van der Waals surface area contributed by atoms with Gasteiger partial charge in [-0.3, -0.25) is 14.7 Å². The van der Waals surface area contributed by atoms with Crippen molar-refractivity contribution in [2.75, 3.05) is 14.2 Å². The topological polar surface area (TPSA) is 78.7 Å². The van der Waals surface area contributed by atoms with Crippen molar-refractivity contribution in [1.82, 2.24) is 0 Å². The van der Waals surface area contributed by atoms with E-state index in [1.54, 1.807) is 6.07 Å². The quantitative estimate of drug-likeness (QED) is 0.456. The highest BCUT2D eigenvalue weighted by molar-refractivity contribution is 7.53. The molecule has 6 nitrogen and oxygen atoms in total. The molecule has 15 heavy (non-hydrogen) atoms. The molecule has 0 radical (unpaired) electrons. The fourth-order valence-electron chi connectivity index (χ4n) is 0.944. The molecular formula is C7H10NO5PS. The molecule has 1 aromatic heterocycles. The van der Waals surface area contributed by atoms with E-state index in [0.717, 1.165) is 11.3 Å². The predicted molar refractivity (Wildman–Crippen MR) is 56.3 cm³/mol. The molecule has 0 N–H and O–H groups in total. The Hall–Kier alpha value is -0.750. The Morgan fingerprint density at radius 3 is 2.47 bits per heavy atom. The summed E-state index contributed by atoms with van der Waals surface area (Å²) in [6.45, 7) is 0. The summed E-state index contributed by atoms with van der Waals surface area (Å²) in [4.78, 5) is 10.5. The summed E-state index contributed by atoms with van der Waals surface area (Å²) in [6, 6.07) is 2.92. The van der Waals surface area contributed by atoms with Crippen LogP contribution in [0.4, 0.5) is 5.00 Å². The van der Waals surface area contributed by atoms with E-state index < -0.39 is 12.5 Å². The first-order valence-electron chi connectivity index (χ1n) is 3.94. The van der Waals surface area contributed by atoms with E-state index in [4.69, 9.17) is 9.05 Å². The zero-order valence-corrected chi connectivity index (χ0v) is 9.92. The SMILES string of the molecule is COP(=O)(Cc1ccc([N+](=O)[O-])s1)OC. The maximum Gasteiger partial charge on any atom is 0.335 e. The molecule has 1 aromatic rings. The van der Waals surface area contributed by atoms with Gasteiger partial charge >= 0.3 is 12.6 Å². The van der Waals surface area contributed by atoms with Crippen molar-refractivity contribution in [3.8, 4) is 0 Å².